The van der Waals surface area contributed by atoms with Crippen molar-refractivity contribution >= 4 is 56.2 Å². The first kappa shape index (κ1) is 18.9. The van der Waals surface area contributed by atoms with Gasteiger partial charge in [-0.05, 0) is 24.3 Å². The highest BCUT2D eigenvalue weighted by molar-refractivity contribution is 7.91. The largest absolute Gasteiger partial charge is 0.296 e. The van der Waals surface area contributed by atoms with Gasteiger partial charge in [0.1, 0.15) is 0 Å². The molecule has 1 amide bonds. The maximum absolute atomic E-state index is 12.1. The third kappa shape index (κ3) is 5.01. The first-order chi connectivity index (χ1) is 11.3. The van der Waals surface area contributed by atoms with Gasteiger partial charge in [-0.2, -0.15) is 0 Å². The lowest BCUT2D eigenvalue weighted by Gasteiger charge is -2.12. The van der Waals surface area contributed by atoms with E-state index in [0.717, 1.165) is 0 Å². The van der Waals surface area contributed by atoms with Crippen molar-refractivity contribution < 1.29 is 13.2 Å². The average molecular weight is 408 g/mol. The molecule has 2 aromatic carbocycles. The van der Waals surface area contributed by atoms with Crippen LogP contribution >= 0.6 is 34.8 Å². The zero-order valence-electron chi connectivity index (χ0n) is 12.2. The second-order valence-electron chi connectivity index (χ2n) is 4.80. The lowest BCUT2D eigenvalue weighted by Crippen LogP contribution is -2.31. The van der Waals surface area contributed by atoms with Gasteiger partial charge >= 0.3 is 0 Å². The minimum Gasteiger partial charge on any atom is -0.296 e. The minimum absolute atomic E-state index is 0.176. The highest BCUT2D eigenvalue weighted by Gasteiger charge is 2.16. The fourth-order valence-corrected chi connectivity index (χ4v) is 4.00. The topological polar surface area (TPSA) is 75.3 Å². The molecule has 0 saturated carbocycles. The zero-order chi connectivity index (χ0) is 17.7. The van der Waals surface area contributed by atoms with Gasteiger partial charge in [0.2, 0.25) is 5.91 Å². The van der Waals surface area contributed by atoms with E-state index in [1.807, 2.05) is 0 Å². The van der Waals surface area contributed by atoms with Crippen molar-refractivity contribution in [3.05, 3.63) is 57.5 Å². The smallest absolute Gasteiger partial charge is 0.239 e. The van der Waals surface area contributed by atoms with E-state index in [0.29, 0.717) is 5.02 Å². The first-order valence-corrected chi connectivity index (χ1v) is 9.55. The summed E-state index contributed by atoms with van der Waals surface area (Å²) >= 11 is 17.7. The maximum atomic E-state index is 12.1. The lowest BCUT2D eigenvalue weighted by molar-refractivity contribution is -0.120. The van der Waals surface area contributed by atoms with Crippen molar-refractivity contribution in [2.24, 2.45) is 0 Å². The summed E-state index contributed by atoms with van der Waals surface area (Å²) in [6.45, 7) is 0. The molecule has 0 aromatic heterocycles. The Morgan fingerprint density at radius 1 is 1.00 bits per heavy atom. The Bertz CT molecular complexity index is 819. The molecule has 0 heterocycles. The molecule has 0 spiro atoms. The number of nitrogens with one attached hydrogen (secondary N) is 2. The number of benzene rings is 2. The molecule has 0 aliphatic carbocycles. The SMILES string of the molecule is O=C(CCS(=O)(=O)c1ccccc1)NNc1c(Cl)cc(Cl)cc1Cl. The van der Waals surface area contributed by atoms with E-state index >= 15 is 0 Å². The molecule has 0 bridgehead atoms. The molecule has 0 aliphatic rings. The molecule has 9 heteroatoms. The summed E-state index contributed by atoms with van der Waals surface area (Å²) in [5.41, 5.74) is 5.21. The summed E-state index contributed by atoms with van der Waals surface area (Å²) < 4.78 is 24.2. The number of carbonyl (C=O) groups excluding carboxylic acids is 1. The van der Waals surface area contributed by atoms with Gasteiger partial charge in [-0.3, -0.25) is 15.6 Å². The Balaban J connectivity index is 1.93. The van der Waals surface area contributed by atoms with Gasteiger partial charge in [0, 0.05) is 11.4 Å². The number of amides is 1. The number of anilines is 1. The van der Waals surface area contributed by atoms with Gasteiger partial charge in [0.25, 0.3) is 0 Å². The van der Waals surface area contributed by atoms with Crippen LogP contribution in [0.1, 0.15) is 6.42 Å². The summed E-state index contributed by atoms with van der Waals surface area (Å²) in [5, 5.41) is 0.810. The van der Waals surface area contributed by atoms with Crippen molar-refractivity contribution in [2.45, 2.75) is 11.3 Å². The van der Waals surface area contributed by atoms with Crippen molar-refractivity contribution in [1.82, 2.24) is 5.43 Å². The van der Waals surface area contributed by atoms with Crippen LogP contribution < -0.4 is 10.9 Å². The lowest BCUT2D eigenvalue weighted by atomic mass is 10.3. The number of hydrogen-bond donors (Lipinski definition) is 2. The number of sulfone groups is 1. The van der Waals surface area contributed by atoms with Crippen LogP contribution in [0.15, 0.2) is 47.4 Å². The zero-order valence-corrected chi connectivity index (χ0v) is 15.3. The summed E-state index contributed by atoms with van der Waals surface area (Å²) in [4.78, 5) is 12.0. The van der Waals surface area contributed by atoms with E-state index in [1.165, 1.54) is 24.3 Å². The van der Waals surface area contributed by atoms with Crippen LogP contribution in [0, 0.1) is 0 Å². The fourth-order valence-electron chi connectivity index (χ4n) is 1.83. The van der Waals surface area contributed by atoms with E-state index in [2.05, 4.69) is 10.9 Å². The van der Waals surface area contributed by atoms with Crippen LogP contribution in [-0.4, -0.2) is 20.1 Å². The monoisotopic (exact) mass is 406 g/mol. The van der Waals surface area contributed by atoms with Crippen LogP contribution in [-0.2, 0) is 14.6 Å². The van der Waals surface area contributed by atoms with E-state index < -0.39 is 15.7 Å². The number of carbonyl (C=O) groups is 1. The third-order valence-electron chi connectivity index (χ3n) is 3.03. The average Bonchev–Trinajstić information content (AvgIpc) is 2.53. The Morgan fingerprint density at radius 2 is 1.58 bits per heavy atom. The van der Waals surface area contributed by atoms with Gasteiger partial charge in [0.15, 0.2) is 9.84 Å². The van der Waals surface area contributed by atoms with Crippen molar-refractivity contribution in [2.75, 3.05) is 11.2 Å². The molecular weight excluding hydrogens is 395 g/mol. The molecule has 0 radical (unpaired) electrons. The van der Waals surface area contributed by atoms with Crippen LogP contribution in [0.3, 0.4) is 0 Å². The molecule has 5 nitrogen and oxygen atoms in total. The van der Waals surface area contributed by atoms with E-state index in [1.54, 1.807) is 18.2 Å². The highest BCUT2D eigenvalue weighted by Crippen LogP contribution is 2.33. The Morgan fingerprint density at radius 3 is 2.17 bits per heavy atom. The predicted octanol–water partition coefficient (Wildman–Crippen LogP) is 3.95. The van der Waals surface area contributed by atoms with Crippen LogP contribution in [0.2, 0.25) is 15.1 Å². The van der Waals surface area contributed by atoms with Crippen LogP contribution in [0.25, 0.3) is 0 Å². The number of hydrogen-bond acceptors (Lipinski definition) is 4. The second-order valence-corrected chi connectivity index (χ2v) is 8.16. The number of hydrazine groups is 1. The molecule has 0 saturated heterocycles. The minimum atomic E-state index is -3.52. The highest BCUT2D eigenvalue weighted by atomic mass is 35.5. The van der Waals surface area contributed by atoms with E-state index in [9.17, 15) is 13.2 Å². The van der Waals surface area contributed by atoms with Gasteiger partial charge < -0.3 is 0 Å². The Labute approximate surface area is 154 Å². The standard InChI is InChI=1S/C15H13Cl3N2O3S/c16-10-8-12(17)15(13(18)9-10)20-19-14(21)6-7-24(22,23)11-4-2-1-3-5-11/h1-5,8-9,20H,6-7H2,(H,19,21). The Hall–Kier alpha value is -1.47. The molecule has 2 N–H and O–H groups in total. The van der Waals surface area contributed by atoms with Crippen LogP contribution in [0.4, 0.5) is 5.69 Å². The molecular formula is C15H13Cl3N2O3S. The van der Waals surface area contributed by atoms with Crippen molar-refractivity contribution in [3.63, 3.8) is 0 Å². The second kappa shape index (κ2) is 8.07. The van der Waals surface area contributed by atoms with Gasteiger partial charge in [-0.1, -0.05) is 53.0 Å². The number of rotatable bonds is 6. The quantitative estimate of drug-likeness (QED) is 0.711. The molecule has 24 heavy (non-hydrogen) atoms. The summed E-state index contributed by atoms with van der Waals surface area (Å²) in [5.74, 6) is -0.830. The van der Waals surface area contributed by atoms with Crippen molar-refractivity contribution in [3.8, 4) is 0 Å². The summed E-state index contributed by atoms with van der Waals surface area (Å²) in [7, 11) is -3.52. The third-order valence-corrected chi connectivity index (χ3v) is 5.58. The van der Waals surface area contributed by atoms with Crippen LogP contribution in [0.5, 0.6) is 0 Å². The number of halogens is 3. The predicted molar refractivity (Wildman–Crippen MR) is 96.3 cm³/mol. The molecule has 0 unspecified atom stereocenters. The molecule has 2 rings (SSSR count). The molecule has 0 aliphatic heterocycles. The fraction of sp³-hybridized carbons (Fsp3) is 0.133. The van der Waals surface area contributed by atoms with E-state index in [4.69, 9.17) is 34.8 Å². The van der Waals surface area contributed by atoms with Gasteiger partial charge in [0.05, 0.1) is 26.4 Å². The Kier molecular flexibility index (Phi) is 6.34. The first-order valence-electron chi connectivity index (χ1n) is 6.77. The maximum Gasteiger partial charge on any atom is 0.239 e. The summed E-state index contributed by atoms with van der Waals surface area (Å²) in [6.07, 6.45) is -0.215. The molecule has 2 aromatic rings. The molecule has 128 valence electrons. The molecule has 0 atom stereocenters. The van der Waals surface area contributed by atoms with E-state index in [-0.39, 0.29) is 32.8 Å². The molecule has 0 fully saturated rings. The van der Waals surface area contributed by atoms with Gasteiger partial charge in [-0.25, -0.2) is 8.42 Å². The summed E-state index contributed by atoms with van der Waals surface area (Å²) in [6, 6.07) is 10.9. The van der Waals surface area contributed by atoms with Gasteiger partial charge in [-0.15, -0.1) is 0 Å². The van der Waals surface area contributed by atoms with Crippen molar-refractivity contribution in [1.29, 1.82) is 0 Å². The normalized spacial score (nSPS) is 11.1.